The Hall–Kier alpha value is -4.64. The van der Waals surface area contributed by atoms with Gasteiger partial charge in [0.1, 0.15) is 24.7 Å². The van der Waals surface area contributed by atoms with Gasteiger partial charge in [0, 0.05) is 31.8 Å². The van der Waals surface area contributed by atoms with Crippen molar-refractivity contribution in [2.24, 2.45) is 0 Å². The first-order chi connectivity index (χ1) is 20.0. The van der Waals surface area contributed by atoms with Crippen molar-refractivity contribution in [2.75, 3.05) is 13.7 Å². The van der Waals surface area contributed by atoms with Gasteiger partial charge >= 0.3 is 5.97 Å². The molecule has 7 nitrogen and oxygen atoms in total. The number of benzene rings is 4. The van der Waals surface area contributed by atoms with Crippen molar-refractivity contribution in [2.45, 2.75) is 39.2 Å². The van der Waals surface area contributed by atoms with E-state index >= 15 is 0 Å². The Bertz CT molecular complexity index is 1500. The number of nitrogens with zero attached hydrogens (tertiary/aromatic N) is 1. The highest BCUT2D eigenvalue weighted by Crippen LogP contribution is 2.29. The smallest absolute Gasteiger partial charge is 0.306 e. The third kappa shape index (κ3) is 8.42. The first-order valence-electron chi connectivity index (χ1n) is 13.4. The maximum atomic E-state index is 11.1. The average molecular weight is 551 g/mol. The Morgan fingerprint density at radius 3 is 2.49 bits per heavy atom. The highest BCUT2D eigenvalue weighted by Gasteiger charge is 2.14. The molecule has 0 saturated carbocycles. The summed E-state index contributed by atoms with van der Waals surface area (Å²) < 4.78 is 17.7. The molecule has 0 aromatic heterocycles. The second-order valence-corrected chi connectivity index (χ2v) is 9.70. The van der Waals surface area contributed by atoms with Crippen LogP contribution in [0.3, 0.4) is 0 Å². The summed E-state index contributed by atoms with van der Waals surface area (Å²) in [6, 6.07) is 31.7. The van der Waals surface area contributed by atoms with Gasteiger partial charge < -0.3 is 24.6 Å². The van der Waals surface area contributed by atoms with Gasteiger partial charge in [-0.1, -0.05) is 66.7 Å². The summed E-state index contributed by atoms with van der Waals surface area (Å²) in [5, 5.41) is 21.6. The number of rotatable bonds is 14. The molecule has 4 aromatic carbocycles. The maximum Gasteiger partial charge on any atom is 0.306 e. The minimum absolute atomic E-state index is 0.0836. The maximum absolute atomic E-state index is 11.1. The van der Waals surface area contributed by atoms with Gasteiger partial charge in [0.15, 0.2) is 0 Å². The first kappa shape index (κ1) is 29.3. The number of methoxy groups -OCH3 is 1. The van der Waals surface area contributed by atoms with Crippen molar-refractivity contribution in [1.82, 2.24) is 5.32 Å². The minimum atomic E-state index is -0.909. The molecule has 0 bridgehead atoms. The lowest BCUT2D eigenvalue weighted by molar-refractivity contribution is -0.139. The fraction of sp³-hybridized carbons (Fsp3) is 0.235. The molecule has 0 spiro atoms. The topological polar surface area (TPSA) is 101 Å². The molecule has 7 heteroatoms. The van der Waals surface area contributed by atoms with E-state index in [1.807, 2.05) is 54.6 Å². The molecule has 1 unspecified atom stereocenters. The van der Waals surface area contributed by atoms with Gasteiger partial charge in [-0.15, -0.1) is 0 Å². The van der Waals surface area contributed by atoms with Gasteiger partial charge in [-0.25, -0.2) is 0 Å². The number of carboxylic acids is 1. The second kappa shape index (κ2) is 14.7. The summed E-state index contributed by atoms with van der Waals surface area (Å²) in [6.45, 7) is 3.62. The fourth-order valence-corrected chi connectivity index (χ4v) is 4.53. The molecular weight excluding hydrogens is 516 g/mol. The zero-order chi connectivity index (χ0) is 29.0. The van der Waals surface area contributed by atoms with Crippen LogP contribution in [0.25, 0.3) is 11.1 Å². The Labute approximate surface area is 240 Å². The average Bonchev–Trinajstić information content (AvgIpc) is 3.00. The molecule has 1 atom stereocenters. The van der Waals surface area contributed by atoms with E-state index in [-0.39, 0.29) is 13.0 Å². The first-order valence-corrected chi connectivity index (χ1v) is 13.4. The molecule has 41 heavy (non-hydrogen) atoms. The van der Waals surface area contributed by atoms with Crippen LogP contribution in [-0.2, 0) is 29.3 Å². The third-order valence-corrected chi connectivity index (χ3v) is 6.84. The zero-order valence-electron chi connectivity index (χ0n) is 23.3. The molecule has 0 heterocycles. The van der Waals surface area contributed by atoms with Crippen LogP contribution >= 0.6 is 0 Å². The number of nitrogens with one attached hydrogen (secondary N) is 1. The third-order valence-electron chi connectivity index (χ3n) is 6.84. The van der Waals surface area contributed by atoms with E-state index < -0.39 is 12.1 Å². The van der Waals surface area contributed by atoms with E-state index in [4.69, 9.17) is 19.3 Å². The van der Waals surface area contributed by atoms with E-state index in [9.17, 15) is 10.1 Å². The number of nitriles is 1. The van der Waals surface area contributed by atoms with Crippen molar-refractivity contribution in [1.29, 1.82) is 5.26 Å². The highest BCUT2D eigenvalue weighted by atomic mass is 16.5. The number of ether oxygens (including phenoxy) is 3. The van der Waals surface area contributed by atoms with Gasteiger partial charge in [0.2, 0.25) is 0 Å². The fourth-order valence-electron chi connectivity index (χ4n) is 4.53. The predicted molar refractivity (Wildman–Crippen MR) is 158 cm³/mol. The Kier molecular flexibility index (Phi) is 10.5. The van der Waals surface area contributed by atoms with E-state index in [2.05, 4.69) is 42.6 Å². The molecule has 2 N–H and O–H groups in total. The molecule has 210 valence electrons. The Morgan fingerprint density at radius 2 is 1.73 bits per heavy atom. The van der Waals surface area contributed by atoms with Crippen LogP contribution in [0.2, 0.25) is 0 Å². The van der Waals surface area contributed by atoms with Gasteiger partial charge in [-0.2, -0.15) is 5.26 Å². The van der Waals surface area contributed by atoms with Crippen molar-refractivity contribution < 1.29 is 24.1 Å². The summed E-state index contributed by atoms with van der Waals surface area (Å²) >= 11 is 0. The summed E-state index contributed by atoms with van der Waals surface area (Å²) in [7, 11) is 1.50. The highest BCUT2D eigenvalue weighted by molar-refractivity contribution is 5.68. The van der Waals surface area contributed by atoms with Gasteiger partial charge in [0.05, 0.1) is 24.2 Å². The minimum Gasteiger partial charge on any atom is -0.489 e. The lowest BCUT2D eigenvalue weighted by Crippen LogP contribution is -2.30. The van der Waals surface area contributed by atoms with Crippen molar-refractivity contribution >= 4 is 5.97 Å². The summed E-state index contributed by atoms with van der Waals surface area (Å²) in [5.74, 6) is 0.396. The monoisotopic (exact) mass is 550 g/mol. The van der Waals surface area contributed by atoms with Gasteiger partial charge in [-0.05, 0) is 52.9 Å². The molecule has 0 aliphatic carbocycles. The Balaban J connectivity index is 1.50. The van der Waals surface area contributed by atoms with E-state index in [0.717, 1.165) is 16.7 Å². The summed E-state index contributed by atoms with van der Waals surface area (Å²) in [4.78, 5) is 11.1. The van der Waals surface area contributed by atoms with Crippen LogP contribution in [0.4, 0.5) is 0 Å². The molecule has 0 aliphatic heterocycles. The van der Waals surface area contributed by atoms with E-state index in [1.54, 1.807) is 12.1 Å². The van der Waals surface area contributed by atoms with Crippen molar-refractivity contribution in [3.8, 4) is 28.7 Å². The predicted octanol–water partition coefficient (Wildman–Crippen LogP) is 6.27. The van der Waals surface area contributed by atoms with Crippen LogP contribution in [-0.4, -0.2) is 30.8 Å². The summed E-state index contributed by atoms with van der Waals surface area (Å²) in [5.41, 5.74) is 6.94. The number of aliphatic carboxylic acids is 1. The van der Waals surface area contributed by atoms with Crippen LogP contribution in [0.15, 0.2) is 91.0 Å². The SMILES string of the molecule is COC(CNCc1ccc(OCc2cccc(-c3ccccc3)c2C)cc1OCc1cccc(C#N)c1)CC(=O)O. The molecule has 0 amide bonds. The van der Waals surface area contributed by atoms with Crippen LogP contribution in [0.5, 0.6) is 11.5 Å². The van der Waals surface area contributed by atoms with Crippen LogP contribution in [0, 0.1) is 18.3 Å². The summed E-state index contributed by atoms with van der Waals surface area (Å²) in [6.07, 6.45) is -0.525. The second-order valence-electron chi connectivity index (χ2n) is 9.70. The molecule has 0 aliphatic rings. The zero-order valence-corrected chi connectivity index (χ0v) is 23.3. The number of hydrogen-bond donors (Lipinski definition) is 2. The number of carbonyl (C=O) groups is 1. The number of carboxylic acid groups (broad SMARTS) is 1. The molecule has 4 rings (SSSR count). The lowest BCUT2D eigenvalue weighted by Gasteiger charge is -2.17. The van der Waals surface area contributed by atoms with Crippen molar-refractivity contribution in [3.05, 3.63) is 119 Å². The van der Waals surface area contributed by atoms with Gasteiger partial charge in [-0.3, -0.25) is 4.79 Å². The molecule has 4 aromatic rings. The lowest BCUT2D eigenvalue weighted by atomic mass is 9.97. The Morgan fingerprint density at radius 1 is 0.927 bits per heavy atom. The van der Waals surface area contributed by atoms with E-state index in [0.29, 0.717) is 36.8 Å². The molecule has 0 fully saturated rings. The van der Waals surface area contributed by atoms with Crippen LogP contribution in [0.1, 0.15) is 34.2 Å². The molecule has 0 radical (unpaired) electrons. The normalized spacial score (nSPS) is 11.4. The molecular formula is C34H34N2O5. The van der Waals surface area contributed by atoms with E-state index in [1.165, 1.54) is 23.8 Å². The van der Waals surface area contributed by atoms with Gasteiger partial charge in [0.25, 0.3) is 0 Å². The number of hydrogen-bond acceptors (Lipinski definition) is 6. The molecule has 0 saturated heterocycles. The largest absolute Gasteiger partial charge is 0.489 e. The van der Waals surface area contributed by atoms with Crippen LogP contribution < -0.4 is 14.8 Å². The van der Waals surface area contributed by atoms with Crippen molar-refractivity contribution in [3.63, 3.8) is 0 Å². The quantitative estimate of drug-likeness (QED) is 0.191. The standard InChI is InChI=1S/C34H34N2O5/c1-24-29(12-7-13-32(24)27-10-4-3-5-11-27)23-40-30-15-14-28(20-36-21-31(39-2)18-34(37)38)33(17-30)41-22-26-9-6-8-25(16-26)19-35/h3-17,31,36H,18,20-23H2,1-2H3,(H,37,38).